The van der Waals surface area contributed by atoms with Gasteiger partial charge in [-0.2, -0.15) is 4.68 Å². The average Bonchev–Trinajstić information content (AvgIpc) is 2.61. The standard InChI is InChI=1S/C18H15ClFN3O4/c1-10(2)27-17(24)9-26-16-8-15(13(20)7-12(16)19)23-18(25)11-5-3-4-6-14(11)21-22-23/h3-8,10H,9H2,1-2H3. The molecule has 0 spiro atoms. The smallest absolute Gasteiger partial charge is 0.344 e. The highest BCUT2D eigenvalue weighted by Gasteiger charge is 2.16. The maximum atomic E-state index is 14.4. The Morgan fingerprint density at radius 3 is 2.78 bits per heavy atom. The minimum Gasteiger partial charge on any atom is -0.480 e. The summed E-state index contributed by atoms with van der Waals surface area (Å²) in [5.41, 5.74) is -0.358. The third-order valence-corrected chi connectivity index (χ3v) is 3.81. The van der Waals surface area contributed by atoms with E-state index in [0.717, 1.165) is 10.7 Å². The van der Waals surface area contributed by atoms with E-state index in [1.807, 2.05) is 0 Å². The lowest BCUT2D eigenvalue weighted by molar-refractivity contribution is -0.149. The van der Waals surface area contributed by atoms with E-state index in [2.05, 4.69) is 10.3 Å². The minimum absolute atomic E-state index is 0.00984. The molecule has 0 fully saturated rings. The lowest BCUT2D eigenvalue weighted by Crippen LogP contribution is -2.24. The first-order chi connectivity index (χ1) is 12.9. The molecule has 0 aliphatic rings. The summed E-state index contributed by atoms with van der Waals surface area (Å²) in [7, 11) is 0. The van der Waals surface area contributed by atoms with E-state index >= 15 is 0 Å². The summed E-state index contributed by atoms with van der Waals surface area (Å²) in [5.74, 6) is -1.38. The Balaban J connectivity index is 1.98. The molecule has 3 aromatic rings. The van der Waals surface area contributed by atoms with Crippen LogP contribution in [0.1, 0.15) is 13.8 Å². The summed E-state index contributed by atoms with van der Waals surface area (Å²) in [6.07, 6.45) is -0.299. The van der Waals surface area contributed by atoms with E-state index in [1.54, 1.807) is 38.1 Å². The van der Waals surface area contributed by atoms with Gasteiger partial charge in [-0.15, -0.1) is 5.10 Å². The summed E-state index contributed by atoms with van der Waals surface area (Å²) < 4.78 is 25.5. The third kappa shape index (κ3) is 4.06. The molecule has 27 heavy (non-hydrogen) atoms. The van der Waals surface area contributed by atoms with Crippen LogP contribution in [0.15, 0.2) is 41.2 Å². The van der Waals surface area contributed by atoms with Crippen LogP contribution in [0.4, 0.5) is 4.39 Å². The molecule has 1 heterocycles. The summed E-state index contributed by atoms with van der Waals surface area (Å²) in [6, 6.07) is 8.74. The van der Waals surface area contributed by atoms with Crippen LogP contribution in [0.3, 0.4) is 0 Å². The Bertz CT molecular complexity index is 1070. The summed E-state index contributed by atoms with van der Waals surface area (Å²) >= 11 is 5.97. The molecule has 9 heteroatoms. The maximum Gasteiger partial charge on any atom is 0.344 e. The predicted octanol–water partition coefficient (Wildman–Crippen LogP) is 2.90. The van der Waals surface area contributed by atoms with Crippen LogP contribution >= 0.6 is 11.6 Å². The molecule has 3 rings (SSSR count). The van der Waals surface area contributed by atoms with E-state index in [1.165, 1.54) is 6.07 Å². The number of benzene rings is 2. The fourth-order valence-electron chi connectivity index (χ4n) is 2.37. The molecular weight excluding hydrogens is 377 g/mol. The van der Waals surface area contributed by atoms with Gasteiger partial charge in [0.1, 0.15) is 17.0 Å². The second-order valence-corrected chi connectivity index (χ2v) is 6.29. The van der Waals surface area contributed by atoms with Crippen molar-refractivity contribution in [2.75, 3.05) is 6.61 Å². The zero-order chi connectivity index (χ0) is 19.6. The van der Waals surface area contributed by atoms with Crippen LogP contribution < -0.4 is 10.3 Å². The molecule has 1 aromatic heterocycles. The number of ether oxygens (including phenoxy) is 2. The number of hydrogen-bond donors (Lipinski definition) is 0. The van der Waals surface area contributed by atoms with Crippen molar-refractivity contribution in [2.45, 2.75) is 20.0 Å². The summed E-state index contributed by atoms with van der Waals surface area (Å²) in [4.78, 5) is 24.2. The molecule has 140 valence electrons. The highest BCUT2D eigenvalue weighted by molar-refractivity contribution is 6.32. The zero-order valence-electron chi connectivity index (χ0n) is 14.5. The van der Waals surface area contributed by atoms with E-state index < -0.39 is 24.0 Å². The molecule has 0 saturated carbocycles. The van der Waals surface area contributed by atoms with E-state index in [4.69, 9.17) is 21.1 Å². The van der Waals surface area contributed by atoms with Crippen molar-refractivity contribution in [2.24, 2.45) is 0 Å². The number of fused-ring (bicyclic) bond motifs is 1. The quantitative estimate of drug-likeness (QED) is 0.622. The lowest BCUT2D eigenvalue weighted by atomic mass is 10.2. The van der Waals surface area contributed by atoms with Crippen molar-refractivity contribution >= 4 is 28.5 Å². The predicted molar refractivity (Wildman–Crippen MR) is 96.8 cm³/mol. The van der Waals surface area contributed by atoms with Crippen LogP contribution in [0.2, 0.25) is 5.02 Å². The molecule has 0 radical (unpaired) electrons. The SMILES string of the molecule is CC(C)OC(=O)COc1cc(-n2nnc3ccccc3c2=O)c(F)cc1Cl. The van der Waals surface area contributed by atoms with Gasteiger partial charge in [0.15, 0.2) is 12.4 Å². The number of esters is 1. The van der Waals surface area contributed by atoms with E-state index in [9.17, 15) is 14.0 Å². The van der Waals surface area contributed by atoms with Crippen LogP contribution in [-0.4, -0.2) is 33.7 Å². The van der Waals surface area contributed by atoms with Gasteiger partial charge in [0, 0.05) is 6.07 Å². The number of carbonyl (C=O) groups is 1. The third-order valence-electron chi connectivity index (χ3n) is 3.51. The normalized spacial score (nSPS) is 11.0. The average molecular weight is 392 g/mol. The topological polar surface area (TPSA) is 83.3 Å². The van der Waals surface area contributed by atoms with Gasteiger partial charge in [-0.05, 0) is 32.0 Å². The first-order valence-corrected chi connectivity index (χ1v) is 8.41. The molecule has 0 aliphatic carbocycles. The molecule has 7 nitrogen and oxygen atoms in total. The second-order valence-electron chi connectivity index (χ2n) is 5.88. The molecule has 0 unspecified atom stereocenters. The number of carbonyl (C=O) groups excluding carboxylic acids is 1. The lowest BCUT2D eigenvalue weighted by Gasteiger charge is -2.12. The Kier molecular flexibility index (Phi) is 5.36. The van der Waals surface area contributed by atoms with Gasteiger partial charge >= 0.3 is 5.97 Å². The minimum atomic E-state index is -0.788. The first kappa shape index (κ1) is 18.8. The van der Waals surface area contributed by atoms with Crippen LogP contribution in [0.5, 0.6) is 5.75 Å². The van der Waals surface area contributed by atoms with Crippen molar-refractivity contribution in [3.63, 3.8) is 0 Å². The monoisotopic (exact) mass is 391 g/mol. The number of rotatable bonds is 5. The Labute approximate surface area is 158 Å². The van der Waals surface area contributed by atoms with Crippen molar-refractivity contribution < 1.29 is 18.7 Å². The molecule has 0 bridgehead atoms. The van der Waals surface area contributed by atoms with Gasteiger partial charge in [0.2, 0.25) is 0 Å². The Morgan fingerprint density at radius 1 is 1.30 bits per heavy atom. The second kappa shape index (κ2) is 7.71. The summed E-state index contributed by atoms with van der Waals surface area (Å²) in [6.45, 7) is 2.98. The molecule has 2 aromatic carbocycles. The van der Waals surface area contributed by atoms with Crippen molar-refractivity contribution in [3.05, 3.63) is 57.6 Å². The number of hydrogen-bond acceptors (Lipinski definition) is 6. The van der Waals surface area contributed by atoms with Gasteiger partial charge in [-0.25, -0.2) is 9.18 Å². The van der Waals surface area contributed by atoms with Crippen molar-refractivity contribution in [1.82, 2.24) is 15.0 Å². The molecule has 0 saturated heterocycles. The molecule has 0 N–H and O–H groups in total. The Morgan fingerprint density at radius 2 is 2.04 bits per heavy atom. The van der Waals surface area contributed by atoms with Crippen molar-refractivity contribution in [3.8, 4) is 11.4 Å². The Hall–Kier alpha value is -3.00. The van der Waals surface area contributed by atoms with Crippen molar-refractivity contribution in [1.29, 1.82) is 0 Å². The van der Waals surface area contributed by atoms with E-state index in [0.29, 0.717) is 5.52 Å². The number of aromatic nitrogens is 3. The van der Waals surface area contributed by atoms with Crippen LogP contribution in [0, 0.1) is 5.82 Å². The highest BCUT2D eigenvalue weighted by Crippen LogP contribution is 2.29. The number of halogens is 2. The largest absolute Gasteiger partial charge is 0.480 e. The summed E-state index contributed by atoms with van der Waals surface area (Å²) in [5, 5.41) is 7.91. The van der Waals surface area contributed by atoms with Gasteiger partial charge in [0.25, 0.3) is 5.56 Å². The molecule has 0 aliphatic heterocycles. The fourth-order valence-corrected chi connectivity index (χ4v) is 2.58. The first-order valence-electron chi connectivity index (χ1n) is 8.03. The molecule has 0 atom stereocenters. The van der Waals surface area contributed by atoms with Crippen LogP contribution in [-0.2, 0) is 9.53 Å². The molecule has 0 amide bonds. The molecular formula is C18H15ClFN3O4. The fraction of sp³-hybridized carbons (Fsp3) is 0.222. The van der Waals surface area contributed by atoms with Gasteiger partial charge in [0.05, 0.1) is 16.5 Å². The maximum absolute atomic E-state index is 14.4. The van der Waals surface area contributed by atoms with Gasteiger partial charge in [-0.3, -0.25) is 4.79 Å². The van der Waals surface area contributed by atoms with Gasteiger partial charge in [-0.1, -0.05) is 28.9 Å². The van der Waals surface area contributed by atoms with Gasteiger partial charge < -0.3 is 9.47 Å². The van der Waals surface area contributed by atoms with Crippen LogP contribution in [0.25, 0.3) is 16.6 Å². The zero-order valence-corrected chi connectivity index (χ0v) is 15.2. The highest BCUT2D eigenvalue weighted by atomic mass is 35.5. The number of nitrogens with zero attached hydrogens (tertiary/aromatic N) is 3. The van der Waals surface area contributed by atoms with E-state index in [-0.39, 0.29) is 27.9 Å².